The molecule has 6 heteroatoms. The highest BCUT2D eigenvalue weighted by atomic mass is 32.1. The molecule has 0 amide bonds. The summed E-state index contributed by atoms with van der Waals surface area (Å²) in [5.74, 6) is 1.69. The standard InChI is InChI=1S/C4H6N2.C4H5NO.C4H5NS.3C2H6/c3*1-4-5-2-3-6-4;3*1-2/h2-3H,1H3,(H,5,6);2*2-3H,1H3;3*1-2H3. The molecule has 5 nitrogen and oxygen atoms in total. The highest BCUT2D eigenvalue weighted by molar-refractivity contribution is 7.09. The summed E-state index contributed by atoms with van der Waals surface area (Å²) >= 11 is 1.67. The van der Waals surface area contributed by atoms with E-state index in [0.29, 0.717) is 0 Å². The molecule has 0 fully saturated rings. The van der Waals surface area contributed by atoms with Crippen LogP contribution in [0.3, 0.4) is 0 Å². The summed E-state index contributed by atoms with van der Waals surface area (Å²) in [6.45, 7) is 17.7. The fourth-order valence-corrected chi connectivity index (χ4v) is 1.37. The van der Waals surface area contributed by atoms with Gasteiger partial charge in [-0.15, -0.1) is 11.3 Å². The minimum Gasteiger partial charge on any atom is -0.449 e. The number of hydrogen-bond acceptors (Lipinski definition) is 5. The van der Waals surface area contributed by atoms with E-state index in [1.807, 2.05) is 60.8 Å². The highest BCUT2D eigenvalue weighted by Gasteiger charge is 1.77. The van der Waals surface area contributed by atoms with Gasteiger partial charge in [-0.2, -0.15) is 0 Å². The fourth-order valence-electron chi connectivity index (χ4n) is 0.934. The van der Waals surface area contributed by atoms with Gasteiger partial charge in [0.2, 0.25) is 0 Å². The number of H-pyrrole nitrogens is 1. The van der Waals surface area contributed by atoms with Gasteiger partial charge in [0.05, 0.1) is 11.2 Å². The number of oxazole rings is 1. The molecular formula is C18H34N4OS. The largest absolute Gasteiger partial charge is 0.449 e. The summed E-state index contributed by atoms with van der Waals surface area (Å²) in [6.07, 6.45) is 8.51. The number of hydrogen-bond donors (Lipinski definition) is 1. The monoisotopic (exact) mass is 354 g/mol. The summed E-state index contributed by atoms with van der Waals surface area (Å²) < 4.78 is 4.72. The topological polar surface area (TPSA) is 67.6 Å². The van der Waals surface area contributed by atoms with Crippen molar-refractivity contribution in [2.75, 3.05) is 0 Å². The lowest BCUT2D eigenvalue weighted by molar-refractivity contribution is 0.521. The molecule has 3 rings (SSSR count). The van der Waals surface area contributed by atoms with Crippen LogP contribution < -0.4 is 0 Å². The lowest BCUT2D eigenvalue weighted by Crippen LogP contribution is -1.66. The Balaban J connectivity index is -0.000000239. The zero-order valence-corrected chi connectivity index (χ0v) is 17.4. The molecule has 3 aromatic rings. The van der Waals surface area contributed by atoms with E-state index >= 15 is 0 Å². The second kappa shape index (κ2) is 23.3. The number of rotatable bonds is 0. The third-order valence-electron chi connectivity index (χ3n) is 1.75. The molecule has 0 bridgehead atoms. The Labute approximate surface area is 151 Å². The summed E-state index contributed by atoms with van der Waals surface area (Å²) in [5, 5.41) is 3.10. The number of thiazole rings is 1. The summed E-state index contributed by atoms with van der Waals surface area (Å²) in [5.41, 5.74) is 0. The predicted octanol–water partition coefficient (Wildman–Crippen LogP) is 6.23. The first kappa shape index (κ1) is 26.9. The molecule has 0 unspecified atom stereocenters. The van der Waals surface area contributed by atoms with E-state index in [0.717, 1.165) is 16.7 Å². The molecule has 3 heterocycles. The van der Waals surface area contributed by atoms with Crippen molar-refractivity contribution in [2.45, 2.75) is 62.3 Å². The van der Waals surface area contributed by atoms with Crippen molar-refractivity contribution in [3.05, 3.63) is 53.2 Å². The summed E-state index contributed by atoms with van der Waals surface area (Å²) in [7, 11) is 0. The second-order valence-corrected chi connectivity index (χ2v) is 4.38. The molecule has 0 radical (unpaired) electrons. The van der Waals surface area contributed by atoms with Crippen LogP contribution in [0.4, 0.5) is 0 Å². The molecule has 138 valence electrons. The molecule has 0 aliphatic rings. The number of nitrogens with zero attached hydrogens (tertiary/aromatic N) is 3. The van der Waals surface area contributed by atoms with Crippen molar-refractivity contribution in [1.82, 2.24) is 19.9 Å². The Morgan fingerprint density at radius 1 is 0.833 bits per heavy atom. The van der Waals surface area contributed by atoms with E-state index in [1.54, 1.807) is 49.3 Å². The second-order valence-electron chi connectivity index (χ2n) is 3.28. The molecule has 24 heavy (non-hydrogen) atoms. The lowest BCUT2D eigenvalue weighted by atomic mass is 10.8. The van der Waals surface area contributed by atoms with Crippen LogP contribution in [-0.2, 0) is 0 Å². The number of aromatic nitrogens is 4. The molecule has 1 N–H and O–H groups in total. The van der Waals surface area contributed by atoms with Gasteiger partial charge in [-0.05, 0) is 13.8 Å². The maximum absolute atomic E-state index is 4.72. The number of imidazole rings is 1. The number of aryl methyl sites for hydroxylation is 3. The molecule has 0 aromatic carbocycles. The molecule has 3 aromatic heterocycles. The molecule has 0 saturated carbocycles. The van der Waals surface area contributed by atoms with Gasteiger partial charge in [0, 0.05) is 30.9 Å². The van der Waals surface area contributed by atoms with Crippen LogP contribution in [0.1, 0.15) is 58.3 Å². The van der Waals surface area contributed by atoms with E-state index in [4.69, 9.17) is 4.42 Å². The van der Waals surface area contributed by atoms with Crippen molar-refractivity contribution < 1.29 is 4.42 Å². The van der Waals surface area contributed by atoms with Crippen molar-refractivity contribution >= 4 is 11.3 Å². The van der Waals surface area contributed by atoms with Crippen molar-refractivity contribution in [3.63, 3.8) is 0 Å². The first-order chi connectivity index (χ1) is 11.7. The third-order valence-corrected chi connectivity index (χ3v) is 2.45. The fraction of sp³-hybridized carbons (Fsp3) is 0.500. The summed E-state index contributed by atoms with van der Waals surface area (Å²) in [4.78, 5) is 14.4. The first-order valence-electron chi connectivity index (χ1n) is 8.36. The van der Waals surface area contributed by atoms with Gasteiger partial charge < -0.3 is 9.40 Å². The van der Waals surface area contributed by atoms with Crippen molar-refractivity contribution in [3.8, 4) is 0 Å². The van der Waals surface area contributed by atoms with Gasteiger partial charge in [-0.3, -0.25) is 4.98 Å². The molecular weight excluding hydrogens is 320 g/mol. The van der Waals surface area contributed by atoms with Crippen LogP contribution in [0.15, 0.2) is 40.8 Å². The van der Waals surface area contributed by atoms with Crippen LogP contribution in [0.2, 0.25) is 0 Å². The number of aromatic amines is 1. The SMILES string of the molecule is CC.CC.CC.Cc1ncc[nH]1.Cc1ncco1.Cc1nccs1. The van der Waals surface area contributed by atoms with Gasteiger partial charge >= 0.3 is 0 Å². The van der Waals surface area contributed by atoms with Crippen molar-refractivity contribution in [2.24, 2.45) is 0 Å². The summed E-state index contributed by atoms with van der Waals surface area (Å²) in [6, 6.07) is 0. The lowest BCUT2D eigenvalue weighted by Gasteiger charge is -1.68. The average molecular weight is 355 g/mol. The zero-order chi connectivity index (χ0) is 19.2. The minimum absolute atomic E-state index is 0.718. The average Bonchev–Trinajstić information content (AvgIpc) is 3.40. The van der Waals surface area contributed by atoms with E-state index in [2.05, 4.69) is 19.9 Å². The van der Waals surface area contributed by atoms with Crippen LogP contribution in [0.25, 0.3) is 0 Å². The quantitative estimate of drug-likeness (QED) is 0.519. The van der Waals surface area contributed by atoms with Gasteiger partial charge in [0.15, 0.2) is 5.89 Å². The molecule has 0 atom stereocenters. The Bertz CT molecular complexity index is 414. The number of nitrogens with one attached hydrogen (secondary N) is 1. The smallest absolute Gasteiger partial charge is 0.190 e. The maximum Gasteiger partial charge on any atom is 0.190 e. The van der Waals surface area contributed by atoms with Gasteiger partial charge in [-0.25, -0.2) is 9.97 Å². The molecule has 0 aliphatic carbocycles. The van der Waals surface area contributed by atoms with Gasteiger partial charge in [0.1, 0.15) is 12.1 Å². The Kier molecular flexibility index (Phi) is 26.2. The molecule has 0 spiro atoms. The van der Waals surface area contributed by atoms with Gasteiger partial charge in [-0.1, -0.05) is 41.5 Å². The zero-order valence-electron chi connectivity index (χ0n) is 16.6. The van der Waals surface area contributed by atoms with Crippen LogP contribution in [-0.4, -0.2) is 19.9 Å². The molecule has 0 aliphatic heterocycles. The predicted molar refractivity (Wildman–Crippen MR) is 105 cm³/mol. The third kappa shape index (κ3) is 20.1. The first-order valence-corrected chi connectivity index (χ1v) is 9.24. The van der Waals surface area contributed by atoms with E-state index in [-0.39, 0.29) is 0 Å². The van der Waals surface area contributed by atoms with Crippen LogP contribution in [0.5, 0.6) is 0 Å². The van der Waals surface area contributed by atoms with E-state index in [1.165, 1.54) is 0 Å². The minimum atomic E-state index is 0.718. The molecule has 0 saturated heterocycles. The van der Waals surface area contributed by atoms with Crippen LogP contribution >= 0.6 is 11.3 Å². The van der Waals surface area contributed by atoms with E-state index < -0.39 is 0 Å². The van der Waals surface area contributed by atoms with Crippen molar-refractivity contribution in [1.29, 1.82) is 0 Å². The Morgan fingerprint density at radius 2 is 1.46 bits per heavy atom. The maximum atomic E-state index is 4.72. The normalized spacial score (nSPS) is 7.38. The Hall–Kier alpha value is -1.95. The van der Waals surface area contributed by atoms with Gasteiger partial charge in [0.25, 0.3) is 0 Å². The van der Waals surface area contributed by atoms with Crippen LogP contribution in [0, 0.1) is 20.8 Å². The van der Waals surface area contributed by atoms with E-state index in [9.17, 15) is 0 Å². The highest BCUT2D eigenvalue weighted by Crippen LogP contribution is 1.98. The Morgan fingerprint density at radius 3 is 1.58 bits per heavy atom.